The molecule has 0 spiro atoms. The Labute approximate surface area is 167 Å². The van der Waals surface area contributed by atoms with Crippen molar-refractivity contribution in [2.45, 2.75) is 111 Å². The average molecular weight is 383 g/mol. The molecule has 0 radical (unpaired) electrons. The lowest BCUT2D eigenvalue weighted by Crippen LogP contribution is -2.18. The second-order valence-corrected chi connectivity index (χ2v) is 7.20. The Hall–Kier alpha value is -1.32. The fraction of sp³-hybridized carbons (Fsp3) is 0.826. The van der Waals surface area contributed by atoms with Crippen LogP contribution < -0.4 is 0 Å². The highest BCUT2D eigenvalue weighted by Gasteiger charge is 2.22. The van der Waals surface area contributed by atoms with Crippen LogP contribution in [0.4, 0.5) is 0 Å². The molecule has 0 bridgehead atoms. The van der Waals surface area contributed by atoms with Gasteiger partial charge in [-0.05, 0) is 32.1 Å². The Morgan fingerprint density at radius 1 is 0.519 bits per heavy atom. The van der Waals surface area contributed by atoms with Gasteiger partial charge in [0.1, 0.15) is 0 Å². The minimum absolute atomic E-state index is 0.326. The summed E-state index contributed by atoms with van der Waals surface area (Å²) in [6, 6.07) is 0. The zero-order valence-corrected chi connectivity index (χ0v) is 18.2. The molecule has 0 aliphatic carbocycles. The predicted octanol–water partition coefficient (Wildman–Crippen LogP) is 6.52. The normalized spacial score (nSPS) is 11.9. The van der Waals surface area contributed by atoms with E-state index in [2.05, 4.69) is 20.8 Å². The number of esters is 2. The molecule has 0 saturated heterocycles. The van der Waals surface area contributed by atoms with Gasteiger partial charge in [0.2, 0.25) is 0 Å². The average Bonchev–Trinajstić information content (AvgIpc) is 2.66. The molecule has 27 heavy (non-hydrogen) atoms. The number of hydrogen-bond acceptors (Lipinski definition) is 4. The zero-order valence-electron chi connectivity index (χ0n) is 18.2. The third kappa shape index (κ3) is 12.6. The Kier molecular flexibility index (Phi) is 17.2. The van der Waals surface area contributed by atoms with Crippen LogP contribution in [0.15, 0.2) is 11.1 Å². The fourth-order valence-electron chi connectivity index (χ4n) is 2.88. The van der Waals surface area contributed by atoms with Crippen LogP contribution in [-0.4, -0.2) is 25.2 Å². The molecule has 0 aromatic rings. The van der Waals surface area contributed by atoms with E-state index in [1.807, 2.05) is 6.92 Å². The van der Waals surface area contributed by atoms with Crippen LogP contribution in [0.25, 0.3) is 0 Å². The number of carbonyl (C=O) groups is 2. The van der Waals surface area contributed by atoms with Crippen molar-refractivity contribution in [2.24, 2.45) is 0 Å². The first kappa shape index (κ1) is 25.7. The maximum absolute atomic E-state index is 12.6. The van der Waals surface area contributed by atoms with Gasteiger partial charge in [0.15, 0.2) is 0 Å². The van der Waals surface area contributed by atoms with Crippen molar-refractivity contribution < 1.29 is 19.1 Å². The Morgan fingerprint density at radius 3 is 1.44 bits per heavy atom. The van der Waals surface area contributed by atoms with Crippen molar-refractivity contribution in [1.82, 2.24) is 0 Å². The number of unbranched alkanes of at least 4 members (excludes halogenated alkanes) is 7. The van der Waals surface area contributed by atoms with E-state index in [1.165, 1.54) is 25.7 Å². The van der Waals surface area contributed by atoms with Gasteiger partial charge >= 0.3 is 11.9 Å². The molecule has 0 fully saturated rings. The van der Waals surface area contributed by atoms with E-state index in [0.717, 1.165) is 44.9 Å². The first-order chi connectivity index (χ1) is 13.1. The van der Waals surface area contributed by atoms with Gasteiger partial charge in [0.05, 0.1) is 13.2 Å². The smallest absolute Gasteiger partial charge is 0.334 e. The van der Waals surface area contributed by atoms with Crippen molar-refractivity contribution >= 4 is 11.9 Å². The molecule has 0 aliphatic rings. The minimum atomic E-state index is -0.335. The van der Waals surface area contributed by atoms with Crippen LogP contribution in [0.2, 0.25) is 0 Å². The van der Waals surface area contributed by atoms with Crippen LogP contribution >= 0.6 is 0 Å². The van der Waals surface area contributed by atoms with E-state index in [-0.39, 0.29) is 11.9 Å². The number of ether oxygens (including phenoxy) is 2. The van der Waals surface area contributed by atoms with E-state index in [9.17, 15) is 9.59 Å². The van der Waals surface area contributed by atoms with Crippen LogP contribution in [0.3, 0.4) is 0 Å². The van der Waals surface area contributed by atoms with Crippen LogP contribution in [0.5, 0.6) is 0 Å². The molecule has 4 nitrogen and oxygen atoms in total. The van der Waals surface area contributed by atoms with Gasteiger partial charge in [-0.15, -0.1) is 0 Å². The van der Waals surface area contributed by atoms with E-state index >= 15 is 0 Å². The molecule has 0 unspecified atom stereocenters. The first-order valence-corrected chi connectivity index (χ1v) is 11.2. The van der Waals surface area contributed by atoms with Crippen molar-refractivity contribution in [3.8, 4) is 0 Å². The van der Waals surface area contributed by atoms with Gasteiger partial charge < -0.3 is 9.47 Å². The van der Waals surface area contributed by atoms with E-state index in [0.29, 0.717) is 37.2 Å². The topological polar surface area (TPSA) is 52.6 Å². The molecule has 0 N–H and O–H groups in total. The molecule has 4 heteroatoms. The fourth-order valence-corrected chi connectivity index (χ4v) is 2.88. The monoisotopic (exact) mass is 382 g/mol. The maximum Gasteiger partial charge on any atom is 0.334 e. The van der Waals surface area contributed by atoms with Gasteiger partial charge in [-0.25, -0.2) is 9.59 Å². The molecule has 0 heterocycles. The largest absolute Gasteiger partial charge is 0.462 e. The summed E-state index contributed by atoms with van der Waals surface area (Å²) >= 11 is 0. The number of rotatable bonds is 17. The Bertz CT molecular complexity index is 426. The summed E-state index contributed by atoms with van der Waals surface area (Å²) in [5, 5.41) is 0. The van der Waals surface area contributed by atoms with Gasteiger partial charge in [-0.1, -0.05) is 79.1 Å². The second-order valence-electron chi connectivity index (χ2n) is 7.20. The second kappa shape index (κ2) is 18.1. The van der Waals surface area contributed by atoms with Crippen molar-refractivity contribution in [1.29, 1.82) is 0 Å². The summed E-state index contributed by atoms with van der Waals surface area (Å²) < 4.78 is 10.8. The SMILES string of the molecule is CCCCCCCC/C(C(=O)OCCCC)=C(\CCC)C(=O)OCCCC. The van der Waals surface area contributed by atoms with Gasteiger partial charge in [-0.2, -0.15) is 0 Å². The summed E-state index contributed by atoms with van der Waals surface area (Å²) in [7, 11) is 0. The zero-order chi connectivity index (χ0) is 20.3. The van der Waals surface area contributed by atoms with Crippen molar-refractivity contribution in [2.75, 3.05) is 13.2 Å². The molecule has 0 amide bonds. The highest BCUT2D eigenvalue weighted by atomic mass is 16.5. The summed E-state index contributed by atoms with van der Waals surface area (Å²) in [5.74, 6) is -0.661. The molecule has 158 valence electrons. The Morgan fingerprint density at radius 2 is 0.963 bits per heavy atom. The van der Waals surface area contributed by atoms with Gasteiger partial charge in [-0.3, -0.25) is 0 Å². The van der Waals surface area contributed by atoms with Gasteiger partial charge in [0, 0.05) is 11.1 Å². The van der Waals surface area contributed by atoms with Crippen molar-refractivity contribution in [3.05, 3.63) is 11.1 Å². The molecule has 0 aromatic carbocycles. The summed E-state index contributed by atoms with van der Waals surface area (Å²) in [4.78, 5) is 25.2. The maximum atomic E-state index is 12.6. The van der Waals surface area contributed by atoms with Gasteiger partial charge in [0.25, 0.3) is 0 Å². The predicted molar refractivity (Wildman–Crippen MR) is 112 cm³/mol. The molecular weight excluding hydrogens is 340 g/mol. The molecule has 0 saturated carbocycles. The molecule has 0 atom stereocenters. The first-order valence-electron chi connectivity index (χ1n) is 11.2. The lowest BCUT2D eigenvalue weighted by Gasteiger charge is -2.14. The van der Waals surface area contributed by atoms with Crippen LogP contribution in [-0.2, 0) is 19.1 Å². The standard InChI is InChI=1S/C23H42O4/c1-5-9-12-13-14-15-17-21(23(25)27-19-11-7-3)20(16-8-4)22(24)26-18-10-6-2/h5-19H2,1-4H3/b21-20-. The molecule has 0 aliphatic heterocycles. The van der Waals surface area contributed by atoms with E-state index in [4.69, 9.17) is 9.47 Å². The lowest BCUT2D eigenvalue weighted by molar-refractivity contribution is -0.142. The summed E-state index contributed by atoms with van der Waals surface area (Å²) in [5.41, 5.74) is 1.08. The summed E-state index contributed by atoms with van der Waals surface area (Å²) in [6.45, 7) is 9.18. The highest BCUT2D eigenvalue weighted by Crippen LogP contribution is 2.22. The van der Waals surface area contributed by atoms with E-state index < -0.39 is 0 Å². The third-order valence-electron chi connectivity index (χ3n) is 4.60. The molecular formula is C23H42O4. The quantitative estimate of drug-likeness (QED) is 0.163. The number of carbonyl (C=O) groups excluding carboxylic acids is 2. The van der Waals surface area contributed by atoms with Crippen LogP contribution in [0.1, 0.15) is 111 Å². The minimum Gasteiger partial charge on any atom is -0.462 e. The lowest BCUT2D eigenvalue weighted by atomic mass is 9.97. The van der Waals surface area contributed by atoms with Crippen LogP contribution in [0, 0.1) is 0 Å². The number of hydrogen-bond donors (Lipinski definition) is 0. The van der Waals surface area contributed by atoms with E-state index in [1.54, 1.807) is 0 Å². The van der Waals surface area contributed by atoms with Crippen molar-refractivity contribution in [3.63, 3.8) is 0 Å². The Balaban J connectivity index is 5.08. The summed E-state index contributed by atoms with van der Waals surface area (Å²) in [6.07, 6.45) is 12.5. The third-order valence-corrected chi connectivity index (χ3v) is 4.60. The highest BCUT2D eigenvalue weighted by molar-refractivity contribution is 6.00. The molecule has 0 rings (SSSR count). The molecule has 0 aromatic heterocycles.